The zero-order valence-electron chi connectivity index (χ0n) is 15.6. The predicted molar refractivity (Wildman–Crippen MR) is 104 cm³/mol. The van der Waals surface area contributed by atoms with Gasteiger partial charge in [0.15, 0.2) is 11.5 Å². The first-order valence-electron chi connectivity index (χ1n) is 8.51. The molecule has 7 heteroatoms. The highest BCUT2D eigenvalue weighted by Crippen LogP contribution is 2.27. The van der Waals surface area contributed by atoms with Crippen LogP contribution in [0.4, 0.5) is 0 Å². The number of hydrogen-bond donors (Lipinski definition) is 1. The van der Waals surface area contributed by atoms with Gasteiger partial charge in [0, 0.05) is 11.1 Å². The minimum atomic E-state index is -0.198. The number of thiazole rings is 1. The van der Waals surface area contributed by atoms with Crippen molar-refractivity contribution in [1.29, 1.82) is 0 Å². The minimum absolute atomic E-state index is 0.198. The van der Waals surface area contributed by atoms with Crippen LogP contribution in [0.3, 0.4) is 0 Å². The van der Waals surface area contributed by atoms with E-state index in [1.54, 1.807) is 13.3 Å². The SMILES string of the molecule is COc1cc(/C=N\NC(=O)Cc2nc(C)cs2)ccc1OCCC(C)C. The third-order valence-electron chi connectivity index (χ3n) is 3.52. The molecule has 1 aromatic heterocycles. The summed E-state index contributed by atoms with van der Waals surface area (Å²) in [5.74, 6) is 1.73. The fourth-order valence-electron chi connectivity index (χ4n) is 2.13. The van der Waals surface area contributed by atoms with Crippen LogP contribution in [0.1, 0.15) is 36.5 Å². The van der Waals surface area contributed by atoms with Crippen molar-refractivity contribution in [1.82, 2.24) is 10.4 Å². The summed E-state index contributed by atoms with van der Waals surface area (Å²) in [7, 11) is 1.60. The lowest BCUT2D eigenvalue weighted by Crippen LogP contribution is -2.19. The van der Waals surface area contributed by atoms with Crippen molar-refractivity contribution in [3.63, 3.8) is 0 Å². The van der Waals surface area contributed by atoms with E-state index in [0.717, 1.165) is 22.7 Å². The van der Waals surface area contributed by atoms with Crippen LogP contribution >= 0.6 is 11.3 Å². The molecule has 1 aromatic carbocycles. The average molecular weight is 375 g/mol. The van der Waals surface area contributed by atoms with Crippen LogP contribution in [0.25, 0.3) is 0 Å². The molecule has 0 aliphatic carbocycles. The van der Waals surface area contributed by atoms with Crippen molar-refractivity contribution in [2.24, 2.45) is 11.0 Å². The highest BCUT2D eigenvalue weighted by molar-refractivity contribution is 7.09. The van der Waals surface area contributed by atoms with E-state index in [9.17, 15) is 4.79 Å². The van der Waals surface area contributed by atoms with Crippen LogP contribution in [-0.2, 0) is 11.2 Å². The lowest BCUT2D eigenvalue weighted by atomic mass is 10.1. The summed E-state index contributed by atoms with van der Waals surface area (Å²) in [6.07, 6.45) is 2.78. The second kappa shape index (κ2) is 9.91. The number of aromatic nitrogens is 1. The highest BCUT2D eigenvalue weighted by Gasteiger charge is 2.07. The Bertz CT molecular complexity index is 756. The minimum Gasteiger partial charge on any atom is -0.493 e. The zero-order valence-corrected chi connectivity index (χ0v) is 16.4. The second-order valence-corrected chi connectivity index (χ2v) is 7.24. The Hall–Kier alpha value is -2.41. The van der Waals surface area contributed by atoms with Crippen LogP contribution in [0.2, 0.25) is 0 Å². The summed E-state index contributed by atoms with van der Waals surface area (Å²) in [6, 6.07) is 5.54. The van der Waals surface area contributed by atoms with E-state index in [0.29, 0.717) is 24.0 Å². The van der Waals surface area contributed by atoms with E-state index >= 15 is 0 Å². The number of hydrazone groups is 1. The maximum Gasteiger partial charge on any atom is 0.246 e. The number of benzene rings is 1. The van der Waals surface area contributed by atoms with Gasteiger partial charge in [0.1, 0.15) is 5.01 Å². The van der Waals surface area contributed by atoms with Crippen molar-refractivity contribution in [3.8, 4) is 11.5 Å². The lowest BCUT2D eigenvalue weighted by Gasteiger charge is -2.12. The van der Waals surface area contributed by atoms with Crippen molar-refractivity contribution >= 4 is 23.5 Å². The van der Waals surface area contributed by atoms with Gasteiger partial charge >= 0.3 is 0 Å². The Morgan fingerprint density at radius 2 is 2.19 bits per heavy atom. The molecule has 140 valence electrons. The molecule has 0 atom stereocenters. The van der Waals surface area contributed by atoms with Crippen molar-refractivity contribution in [2.75, 3.05) is 13.7 Å². The van der Waals surface area contributed by atoms with E-state index in [2.05, 4.69) is 29.4 Å². The molecular weight excluding hydrogens is 350 g/mol. The molecule has 0 saturated heterocycles. The van der Waals surface area contributed by atoms with E-state index in [1.807, 2.05) is 30.5 Å². The Morgan fingerprint density at radius 3 is 2.85 bits per heavy atom. The van der Waals surface area contributed by atoms with Crippen LogP contribution in [0.15, 0.2) is 28.7 Å². The Morgan fingerprint density at radius 1 is 1.38 bits per heavy atom. The highest BCUT2D eigenvalue weighted by atomic mass is 32.1. The van der Waals surface area contributed by atoms with E-state index in [1.165, 1.54) is 11.3 Å². The monoisotopic (exact) mass is 375 g/mol. The van der Waals surface area contributed by atoms with Gasteiger partial charge in [-0.15, -0.1) is 11.3 Å². The van der Waals surface area contributed by atoms with Gasteiger partial charge in [-0.05, 0) is 43.0 Å². The standard InChI is InChI=1S/C19H25N3O3S/c1-13(2)7-8-25-16-6-5-15(9-17(16)24-4)11-20-22-18(23)10-19-21-14(3)12-26-19/h5-6,9,11-13H,7-8,10H2,1-4H3,(H,22,23)/b20-11-. The van der Waals surface area contributed by atoms with Crippen LogP contribution in [-0.4, -0.2) is 30.8 Å². The molecule has 0 saturated carbocycles. The molecule has 1 heterocycles. The first-order valence-corrected chi connectivity index (χ1v) is 9.39. The normalized spacial score (nSPS) is 11.1. The second-order valence-electron chi connectivity index (χ2n) is 6.29. The number of nitrogens with one attached hydrogen (secondary N) is 1. The molecule has 0 spiro atoms. The lowest BCUT2D eigenvalue weighted by molar-refractivity contribution is -0.120. The number of rotatable bonds is 9. The largest absolute Gasteiger partial charge is 0.493 e. The first-order chi connectivity index (χ1) is 12.5. The van der Waals surface area contributed by atoms with Crippen molar-refractivity contribution in [3.05, 3.63) is 39.8 Å². The third kappa shape index (κ3) is 6.48. The Labute approximate surface area is 158 Å². The van der Waals surface area contributed by atoms with Gasteiger partial charge in [-0.25, -0.2) is 10.4 Å². The molecule has 0 bridgehead atoms. The van der Waals surface area contributed by atoms with Gasteiger partial charge in [-0.2, -0.15) is 5.10 Å². The van der Waals surface area contributed by atoms with Gasteiger partial charge in [-0.3, -0.25) is 4.79 Å². The van der Waals surface area contributed by atoms with Gasteiger partial charge < -0.3 is 9.47 Å². The van der Waals surface area contributed by atoms with Gasteiger partial charge in [-0.1, -0.05) is 13.8 Å². The summed E-state index contributed by atoms with van der Waals surface area (Å²) in [4.78, 5) is 16.1. The maximum absolute atomic E-state index is 11.9. The molecular formula is C19H25N3O3S. The van der Waals surface area contributed by atoms with E-state index in [4.69, 9.17) is 9.47 Å². The summed E-state index contributed by atoms with van der Waals surface area (Å²) in [5, 5.41) is 6.69. The number of carbonyl (C=O) groups is 1. The number of methoxy groups -OCH3 is 1. The quantitative estimate of drug-likeness (QED) is 0.537. The summed E-state index contributed by atoms with van der Waals surface area (Å²) >= 11 is 1.47. The van der Waals surface area contributed by atoms with Gasteiger partial charge in [0.2, 0.25) is 5.91 Å². The van der Waals surface area contributed by atoms with E-state index in [-0.39, 0.29) is 12.3 Å². The maximum atomic E-state index is 11.9. The fraction of sp³-hybridized carbons (Fsp3) is 0.421. The van der Waals surface area contributed by atoms with Crippen molar-refractivity contribution in [2.45, 2.75) is 33.6 Å². The zero-order chi connectivity index (χ0) is 18.9. The van der Waals surface area contributed by atoms with Gasteiger partial charge in [0.05, 0.1) is 26.4 Å². The van der Waals surface area contributed by atoms with E-state index < -0.39 is 0 Å². The average Bonchev–Trinajstić information content (AvgIpc) is 3.00. The molecule has 0 unspecified atom stereocenters. The number of hydrogen-bond acceptors (Lipinski definition) is 6. The summed E-state index contributed by atoms with van der Waals surface area (Å²) in [6.45, 7) is 6.86. The summed E-state index contributed by atoms with van der Waals surface area (Å²) < 4.78 is 11.1. The molecule has 0 radical (unpaired) electrons. The summed E-state index contributed by atoms with van der Waals surface area (Å²) in [5.41, 5.74) is 4.24. The Kier molecular flexibility index (Phi) is 7.59. The molecule has 6 nitrogen and oxygen atoms in total. The van der Waals surface area contributed by atoms with Crippen LogP contribution < -0.4 is 14.9 Å². The molecule has 26 heavy (non-hydrogen) atoms. The number of amides is 1. The molecule has 1 amide bonds. The molecule has 0 fully saturated rings. The number of carbonyl (C=O) groups excluding carboxylic acids is 1. The molecule has 0 aliphatic heterocycles. The smallest absolute Gasteiger partial charge is 0.246 e. The van der Waals surface area contributed by atoms with Crippen molar-refractivity contribution < 1.29 is 14.3 Å². The molecule has 1 N–H and O–H groups in total. The Balaban J connectivity index is 1.89. The number of nitrogens with zero attached hydrogens (tertiary/aromatic N) is 2. The first kappa shape index (κ1) is 19.9. The number of ether oxygens (including phenoxy) is 2. The predicted octanol–water partition coefficient (Wildman–Crippen LogP) is 3.58. The van der Waals surface area contributed by atoms with Crippen LogP contribution in [0.5, 0.6) is 11.5 Å². The number of aryl methyl sites for hydroxylation is 1. The third-order valence-corrected chi connectivity index (χ3v) is 4.49. The molecule has 2 rings (SSSR count). The molecule has 2 aromatic rings. The molecule has 0 aliphatic rings. The van der Waals surface area contributed by atoms with Crippen LogP contribution in [0, 0.1) is 12.8 Å². The topological polar surface area (TPSA) is 72.8 Å². The van der Waals surface area contributed by atoms with Gasteiger partial charge in [0.25, 0.3) is 0 Å². The fourth-order valence-corrected chi connectivity index (χ4v) is 2.90.